The maximum atomic E-state index is 15.6. The van der Waals surface area contributed by atoms with Crippen LogP contribution in [-0.4, -0.2) is 41.3 Å². The van der Waals surface area contributed by atoms with Crippen molar-refractivity contribution in [1.82, 2.24) is 24.8 Å². The van der Waals surface area contributed by atoms with E-state index >= 15 is 4.39 Å². The van der Waals surface area contributed by atoms with Crippen molar-refractivity contribution in [2.24, 2.45) is 5.92 Å². The minimum absolute atomic E-state index is 0.0246. The number of anilines is 1. The number of amides is 2. The van der Waals surface area contributed by atoms with Crippen molar-refractivity contribution in [3.05, 3.63) is 106 Å². The second-order valence-corrected chi connectivity index (χ2v) is 17.5. The molecule has 4 aromatic rings. The van der Waals surface area contributed by atoms with Gasteiger partial charge in [0.15, 0.2) is 5.69 Å². The Bertz CT molecular complexity index is 2030. The molecular weight excluding hydrogens is 725 g/mol. The molecule has 10 nitrogen and oxygen atoms in total. The van der Waals surface area contributed by atoms with E-state index in [9.17, 15) is 27.0 Å². The summed E-state index contributed by atoms with van der Waals surface area (Å²) >= 11 is 0. The summed E-state index contributed by atoms with van der Waals surface area (Å²) in [6.07, 6.45) is -0.550. The van der Waals surface area contributed by atoms with E-state index in [1.807, 2.05) is 39.8 Å². The number of alkyl carbamates (subject to hydrolysis) is 1. The van der Waals surface area contributed by atoms with E-state index in [4.69, 9.17) is 4.74 Å². The number of hydrogen-bond donors (Lipinski definition) is 3. The van der Waals surface area contributed by atoms with Gasteiger partial charge in [0, 0.05) is 24.5 Å². The number of pyridine rings is 1. The third-order valence-corrected chi connectivity index (χ3v) is 10.4. The number of halogens is 4. The molecule has 1 aliphatic rings. The Morgan fingerprint density at radius 2 is 1.67 bits per heavy atom. The summed E-state index contributed by atoms with van der Waals surface area (Å²) in [5.41, 5.74) is -1.46. The molecule has 2 aromatic carbocycles. The zero-order valence-corrected chi connectivity index (χ0v) is 32.2. The summed E-state index contributed by atoms with van der Waals surface area (Å²) in [6, 6.07) is 14.5. The Labute approximate surface area is 315 Å². The third-order valence-electron chi connectivity index (χ3n) is 8.77. The number of nitrogens with one attached hydrogen (secondary N) is 3. The Kier molecular flexibility index (Phi) is 11.7. The Morgan fingerprint density at radius 1 is 0.963 bits per heavy atom. The van der Waals surface area contributed by atoms with Crippen molar-refractivity contribution in [1.29, 1.82) is 0 Å². The molecule has 2 heterocycles. The van der Waals surface area contributed by atoms with Crippen LogP contribution in [0.2, 0.25) is 0 Å². The average Bonchev–Trinajstić information content (AvgIpc) is 3.79. The molecule has 2 aromatic heterocycles. The van der Waals surface area contributed by atoms with Crippen molar-refractivity contribution in [3.63, 3.8) is 0 Å². The van der Waals surface area contributed by atoms with Crippen LogP contribution in [-0.2, 0) is 34.0 Å². The molecule has 290 valence electrons. The minimum Gasteiger partial charge on any atom is -0.444 e. The number of ether oxygens (including phenoxy) is 1. The predicted molar refractivity (Wildman–Crippen MR) is 199 cm³/mol. The third kappa shape index (κ3) is 10.1. The van der Waals surface area contributed by atoms with E-state index < -0.39 is 62.3 Å². The first-order valence-electron chi connectivity index (χ1n) is 17.6. The predicted octanol–water partition coefficient (Wildman–Crippen LogP) is 8.50. The highest BCUT2D eigenvalue weighted by atomic mass is 32.2. The van der Waals surface area contributed by atoms with Gasteiger partial charge in [-0.2, -0.15) is 18.3 Å². The van der Waals surface area contributed by atoms with Gasteiger partial charge in [-0.3, -0.25) is 9.78 Å². The number of alkyl halides is 3. The molecule has 0 spiro atoms. The van der Waals surface area contributed by atoms with E-state index in [0.29, 0.717) is 35.2 Å². The Hall–Kier alpha value is -4.63. The molecule has 1 fully saturated rings. The molecule has 2 amide bonds. The summed E-state index contributed by atoms with van der Waals surface area (Å²) in [5.74, 6) is -1.41. The SMILES string of the molecule is Cc1cc(C(CCC2CC2)(N[S@](=O)C(C)(C)C)c2ccc(F)c(NC(=O)c3cc(C(F)(F)F)nn3-c3cccc(CNC(=O)OC(C)(C)C)c3)c2)ccn1. The second kappa shape index (κ2) is 15.6. The monoisotopic (exact) mass is 770 g/mol. The van der Waals surface area contributed by atoms with Gasteiger partial charge in [-0.05, 0) is 120 Å². The molecule has 0 saturated heterocycles. The molecule has 1 unspecified atom stereocenters. The lowest BCUT2D eigenvalue weighted by molar-refractivity contribution is -0.141. The summed E-state index contributed by atoms with van der Waals surface area (Å²) in [4.78, 5) is 30.4. The first-order chi connectivity index (χ1) is 25.1. The van der Waals surface area contributed by atoms with Crippen molar-refractivity contribution in [3.8, 4) is 5.69 Å². The number of hydrogen-bond acceptors (Lipinski definition) is 6. The number of carbonyl (C=O) groups excluding carboxylic acids is 2. The number of rotatable bonds is 12. The van der Waals surface area contributed by atoms with Crippen LogP contribution in [0.3, 0.4) is 0 Å². The summed E-state index contributed by atoms with van der Waals surface area (Å²) in [5, 5.41) is 8.78. The first kappa shape index (κ1) is 40.6. The molecule has 5 rings (SSSR count). The van der Waals surface area contributed by atoms with Gasteiger partial charge in [-0.1, -0.05) is 31.0 Å². The molecule has 0 aliphatic heterocycles. The van der Waals surface area contributed by atoms with Gasteiger partial charge in [0.05, 0.1) is 32.6 Å². The van der Waals surface area contributed by atoms with Crippen LogP contribution in [0.15, 0.2) is 66.9 Å². The first-order valence-corrected chi connectivity index (χ1v) is 18.8. The van der Waals surface area contributed by atoms with Crippen LogP contribution < -0.4 is 15.4 Å². The topological polar surface area (TPSA) is 127 Å². The highest BCUT2D eigenvalue weighted by molar-refractivity contribution is 7.84. The molecule has 1 aliphatic carbocycles. The van der Waals surface area contributed by atoms with Gasteiger partial charge < -0.3 is 15.4 Å². The molecule has 2 atom stereocenters. The number of nitrogens with zero attached hydrogens (tertiary/aromatic N) is 3. The summed E-state index contributed by atoms with van der Waals surface area (Å²) in [7, 11) is -1.60. The maximum Gasteiger partial charge on any atom is 0.435 e. The standard InChI is InChI=1S/C39H46F4N6O4S/c1-24-19-28(16-18-44-24)38(17-15-25-11-12-25,48-54(52)37(5,6)7)27-13-14-30(40)31(21-27)46-34(50)32-22-33(39(41,42)43)47-49(32)29-10-8-9-26(20-29)23-45-35(51)53-36(2,3)4/h8-10,13-14,16,18-22,25,48H,11-12,15,17,23H2,1-7H3,(H,45,51)(H,46,50)/t38?,54-/m1/s1. The average molecular weight is 771 g/mol. The smallest absolute Gasteiger partial charge is 0.435 e. The molecular formula is C39H46F4N6O4S. The maximum absolute atomic E-state index is 15.6. The van der Waals surface area contributed by atoms with E-state index in [2.05, 4.69) is 25.4 Å². The largest absolute Gasteiger partial charge is 0.444 e. The van der Waals surface area contributed by atoms with Gasteiger partial charge in [0.25, 0.3) is 5.91 Å². The highest BCUT2D eigenvalue weighted by Crippen LogP contribution is 2.43. The summed E-state index contributed by atoms with van der Waals surface area (Å²) in [6.45, 7) is 12.4. The lowest BCUT2D eigenvalue weighted by Crippen LogP contribution is -2.49. The zero-order valence-electron chi connectivity index (χ0n) is 31.4. The highest BCUT2D eigenvalue weighted by Gasteiger charge is 2.41. The molecule has 54 heavy (non-hydrogen) atoms. The zero-order chi connectivity index (χ0) is 39.6. The fourth-order valence-corrected chi connectivity index (χ4v) is 6.77. The minimum atomic E-state index is -4.90. The molecule has 1 saturated carbocycles. The van der Waals surface area contributed by atoms with Crippen molar-refractivity contribution in [2.75, 3.05) is 5.32 Å². The van der Waals surface area contributed by atoms with Crippen LogP contribution in [0.4, 0.5) is 28.0 Å². The van der Waals surface area contributed by atoms with Gasteiger partial charge >= 0.3 is 12.3 Å². The molecule has 3 N–H and O–H groups in total. The fraction of sp³-hybridized carbons (Fsp3) is 0.436. The number of aryl methyl sites for hydroxylation is 1. The van der Waals surface area contributed by atoms with E-state index in [-0.39, 0.29) is 17.9 Å². The quantitative estimate of drug-likeness (QED) is 0.124. The van der Waals surface area contributed by atoms with Gasteiger partial charge in [-0.25, -0.2) is 22.8 Å². The van der Waals surface area contributed by atoms with E-state index in [0.717, 1.165) is 29.5 Å². The number of aromatic nitrogens is 3. The van der Waals surface area contributed by atoms with Gasteiger partial charge in [0.1, 0.15) is 17.1 Å². The van der Waals surface area contributed by atoms with Crippen molar-refractivity contribution >= 4 is 28.7 Å². The lowest BCUT2D eigenvalue weighted by atomic mass is 9.79. The normalized spacial score (nSPS) is 15.3. The van der Waals surface area contributed by atoms with Gasteiger partial charge in [0.2, 0.25) is 0 Å². The lowest BCUT2D eigenvalue weighted by Gasteiger charge is -2.38. The van der Waals surface area contributed by atoms with Crippen LogP contribution >= 0.6 is 0 Å². The molecule has 15 heteroatoms. The van der Waals surface area contributed by atoms with Crippen LogP contribution in [0, 0.1) is 18.7 Å². The van der Waals surface area contributed by atoms with Crippen LogP contribution in [0.1, 0.15) is 106 Å². The van der Waals surface area contributed by atoms with Crippen molar-refractivity contribution < 1.29 is 36.1 Å². The Morgan fingerprint density at radius 3 is 2.30 bits per heavy atom. The van der Waals surface area contributed by atoms with Gasteiger partial charge in [-0.15, -0.1) is 0 Å². The summed E-state index contributed by atoms with van der Waals surface area (Å²) < 4.78 is 80.2. The van der Waals surface area contributed by atoms with Crippen molar-refractivity contribution in [2.45, 2.75) is 103 Å². The Balaban J connectivity index is 1.53. The number of carbonyl (C=O) groups is 2. The van der Waals surface area contributed by atoms with E-state index in [1.54, 1.807) is 39.1 Å². The second-order valence-electron chi connectivity index (χ2n) is 15.6. The number of benzene rings is 2. The molecule has 0 bridgehead atoms. The van der Waals surface area contributed by atoms with Crippen LogP contribution in [0.25, 0.3) is 5.69 Å². The van der Waals surface area contributed by atoms with E-state index in [1.165, 1.54) is 30.3 Å². The molecule has 0 radical (unpaired) electrons. The fourth-order valence-electron chi connectivity index (χ4n) is 5.81. The van der Waals surface area contributed by atoms with Crippen LogP contribution in [0.5, 0.6) is 0 Å².